The van der Waals surface area contributed by atoms with Gasteiger partial charge in [0.25, 0.3) is 5.91 Å². The van der Waals surface area contributed by atoms with Crippen molar-refractivity contribution < 1.29 is 17.6 Å². The fourth-order valence-corrected chi connectivity index (χ4v) is 4.52. The maximum atomic E-state index is 13.2. The molecular formula is C20H16BrCl2N3O4S. The topological polar surface area (TPSA) is 92.0 Å². The highest BCUT2D eigenvalue weighted by molar-refractivity contribution is 9.10. The van der Waals surface area contributed by atoms with Crippen molar-refractivity contribution in [2.24, 2.45) is 5.10 Å². The van der Waals surface area contributed by atoms with Gasteiger partial charge in [-0.3, -0.25) is 4.79 Å². The molecule has 162 valence electrons. The maximum absolute atomic E-state index is 13.2. The molecule has 0 bridgehead atoms. The minimum Gasteiger partial charge on any atom is -0.463 e. The van der Waals surface area contributed by atoms with E-state index in [1.54, 1.807) is 42.5 Å². The number of hydrogen-bond acceptors (Lipinski definition) is 5. The minimum absolute atomic E-state index is 0.0441. The third-order valence-corrected chi connectivity index (χ3v) is 7.11. The van der Waals surface area contributed by atoms with E-state index in [1.165, 1.54) is 24.6 Å². The number of amides is 1. The van der Waals surface area contributed by atoms with Crippen LogP contribution in [0.15, 0.2) is 79.7 Å². The Balaban J connectivity index is 1.83. The molecule has 1 N–H and O–H groups in total. The summed E-state index contributed by atoms with van der Waals surface area (Å²) in [4.78, 5) is 12.5. The first-order chi connectivity index (χ1) is 14.8. The van der Waals surface area contributed by atoms with E-state index in [0.717, 1.165) is 8.78 Å². The van der Waals surface area contributed by atoms with Gasteiger partial charge < -0.3 is 4.42 Å². The molecule has 0 saturated carbocycles. The van der Waals surface area contributed by atoms with E-state index >= 15 is 0 Å². The largest absolute Gasteiger partial charge is 0.463 e. The summed E-state index contributed by atoms with van der Waals surface area (Å²) in [6.07, 6.45) is 2.78. The molecule has 0 radical (unpaired) electrons. The van der Waals surface area contributed by atoms with Crippen LogP contribution in [0.3, 0.4) is 0 Å². The summed E-state index contributed by atoms with van der Waals surface area (Å²) in [6.45, 7) is -0.557. The quantitative estimate of drug-likeness (QED) is 0.329. The van der Waals surface area contributed by atoms with Gasteiger partial charge in [0.15, 0.2) is 0 Å². The van der Waals surface area contributed by atoms with Gasteiger partial charge in [-0.05, 0) is 54.1 Å². The van der Waals surface area contributed by atoms with Crippen LogP contribution in [0, 0.1) is 0 Å². The monoisotopic (exact) mass is 543 g/mol. The van der Waals surface area contributed by atoms with Crippen LogP contribution < -0.4 is 5.43 Å². The highest BCUT2D eigenvalue weighted by Gasteiger charge is 2.27. The second kappa shape index (κ2) is 10.4. The molecule has 0 aliphatic carbocycles. The Hall–Kier alpha value is -2.17. The normalized spacial score (nSPS) is 11.9. The Morgan fingerprint density at radius 3 is 2.52 bits per heavy atom. The minimum atomic E-state index is -4.00. The van der Waals surface area contributed by atoms with Crippen molar-refractivity contribution in [1.29, 1.82) is 0 Å². The molecule has 31 heavy (non-hydrogen) atoms. The van der Waals surface area contributed by atoms with Crippen molar-refractivity contribution in [2.75, 3.05) is 6.54 Å². The van der Waals surface area contributed by atoms with Crippen molar-refractivity contribution >= 4 is 61.3 Å². The Kier molecular flexibility index (Phi) is 7.90. The molecule has 0 unspecified atom stereocenters. The fourth-order valence-electron chi connectivity index (χ4n) is 2.55. The molecule has 3 aromatic rings. The Labute approximate surface area is 197 Å². The average Bonchev–Trinajstić information content (AvgIpc) is 3.24. The van der Waals surface area contributed by atoms with Gasteiger partial charge in [0.05, 0.1) is 34.0 Å². The summed E-state index contributed by atoms with van der Waals surface area (Å²) in [6, 6.07) is 14.2. The van der Waals surface area contributed by atoms with Crippen LogP contribution in [0.25, 0.3) is 0 Å². The first-order valence-electron chi connectivity index (χ1n) is 8.81. The molecule has 0 saturated heterocycles. The zero-order chi connectivity index (χ0) is 22.4. The summed E-state index contributed by atoms with van der Waals surface area (Å²) < 4.78 is 33.3. The Morgan fingerprint density at radius 2 is 1.87 bits per heavy atom. The molecule has 0 aliphatic rings. The van der Waals surface area contributed by atoms with Gasteiger partial charge >= 0.3 is 0 Å². The number of nitrogens with one attached hydrogen (secondary N) is 1. The Bertz CT molecular complexity index is 1180. The van der Waals surface area contributed by atoms with E-state index in [1.807, 2.05) is 0 Å². The van der Waals surface area contributed by atoms with Crippen LogP contribution in [0.4, 0.5) is 0 Å². The van der Waals surface area contributed by atoms with Gasteiger partial charge in [-0.15, -0.1) is 0 Å². The lowest BCUT2D eigenvalue weighted by molar-refractivity contribution is -0.121. The van der Waals surface area contributed by atoms with Crippen molar-refractivity contribution in [3.05, 3.63) is 86.7 Å². The number of furan rings is 1. The second-order valence-electron chi connectivity index (χ2n) is 6.28. The number of benzene rings is 2. The number of nitrogens with zero attached hydrogens (tertiary/aromatic N) is 2. The zero-order valence-corrected chi connectivity index (χ0v) is 19.7. The van der Waals surface area contributed by atoms with Crippen molar-refractivity contribution in [3.8, 4) is 0 Å². The van der Waals surface area contributed by atoms with Crippen LogP contribution in [-0.4, -0.2) is 31.4 Å². The third-order valence-electron chi connectivity index (χ3n) is 4.04. The van der Waals surface area contributed by atoms with Gasteiger partial charge in [0.1, 0.15) is 5.76 Å². The lowest BCUT2D eigenvalue weighted by Crippen LogP contribution is -2.39. The number of hydrogen-bond donors (Lipinski definition) is 1. The highest BCUT2D eigenvalue weighted by atomic mass is 79.9. The van der Waals surface area contributed by atoms with E-state index in [-0.39, 0.29) is 16.5 Å². The maximum Gasteiger partial charge on any atom is 0.255 e. The zero-order valence-electron chi connectivity index (χ0n) is 15.8. The second-order valence-corrected chi connectivity index (χ2v) is 9.95. The highest BCUT2D eigenvalue weighted by Crippen LogP contribution is 2.25. The lowest BCUT2D eigenvalue weighted by atomic mass is 10.2. The lowest BCUT2D eigenvalue weighted by Gasteiger charge is -2.21. The van der Waals surface area contributed by atoms with Gasteiger partial charge in [-0.2, -0.15) is 9.41 Å². The molecule has 1 aromatic heterocycles. The van der Waals surface area contributed by atoms with E-state index in [9.17, 15) is 13.2 Å². The number of carbonyl (C=O) groups is 1. The van der Waals surface area contributed by atoms with Crippen LogP contribution in [0.2, 0.25) is 10.0 Å². The van der Waals surface area contributed by atoms with Crippen LogP contribution >= 0.6 is 39.1 Å². The smallest absolute Gasteiger partial charge is 0.255 e. The number of sulfonamides is 1. The predicted octanol–water partition coefficient (Wildman–Crippen LogP) is 4.69. The van der Waals surface area contributed by atoms with E-state index in [0.29, 0.717) is 16.3 Å². The van der Waals surface area contributed by atoms with E-state index in [4.69, 9.17) is 27.6 Å². The predicted molar refractivity (Wildman–Crippen MR) is 123 cm³/mol. The standard InChI is InChI=1S/C20H16BrCl2N3O4S/c21-15-4-6-17(7-5-15)31(28,29)26(12-14-3-8-18(22)19(23)10-14)13-20(27)25-24-11-16-2-1-9-30-16/h1-11H,12-13H2,(H,25,27)/b24-11+. The Morgan fingerprint density at radius 1 is 1.13 bits per heavy atom. The molecule has 11 heteroatoms. The molecule has 0 aliphatic heterocycles. The summed E-state index contributed by atoms with van der Waals surface area (Å²) >= 11 is 15.3. The van der Waals surface area contributed by atoms with Crippen LogP contribution in [0.5, 0.6) is 0 Å². The van der Waals surface area contributed by atoms with Crippen molar-refractivity contribution in [1.82, 2.24) is 9.73 Å². The molecular weight excluding hydrogens is 529 g/mol. The van der Waals surface area contributed by atoms with Gasteiger partial charge in [-0.25, -0.2) is 13.8 Å². The number of halogens is 3. The molecule has 3 rings (SSSR count). The molecule has 0 atom stereocenters. The number of carbonyl (C=O) groups excluding carboxylic acids is 1. The SMILES string of the molecule is O=C(CN(Cc1ccc(Cl)c(Cl)c1)S(=O)(=O)c1ccc(Br)cc1)N/N=C/c1ccco1. The molecule has 7 nitrogen and oxygen atoms in total. The number of hydrazone groups is 1. The third kappa shape index (κ3) is 6.41. The summed E-state index contributed by atoms with van der Waals surface area (Å²) in [7, 11) is -4.00. The van der Waals surface area contributed by atoms with Crippen molar-refractivity contribution in [3.63, 3.8) is 0 Å². The fraction of sp³-hybridized carbons (Fsp3) is 0.100. The van der Waals surface area contributed by atoms with Gasteiger partial charge in [0.2, 0.25) is 10.0 Å². The van der Waals surface area contributed by atoms with E-state index in [2.05, 4.69) is 26.5 Å². The van der Waals surface area contributed by atoms with E-state index < -0.39 is 22.5 Å². The van der Waals surface area contributed by atoms with Crippen LogP contribution in [-0.2, 0) is 21.4 Å². The molecule has 1 amide bonds. The average molecular weight is 545 g/mol. The first kappa shape index (κ1) is 23.5. The molecule has 2 aromatic carbocycles. The van der Waals surface area contributed by atoms with Gasteiger partial charge in [0, 0.05) is 11.0 Å². The van der Waals surface area contributed by atoms with Crippen LogP contribution in [0.1, 0.15) is 11.3 Å². The summed E-state index contributed by atoms with van der Waals surface area (Å²) in [5, 5.41) is 4.41. The van der Waals surface area contributed by atoms with Gasteiger partial charge in [-0.1, -0.05) is 45.2 Å². The molecule has 0 fully saturated rings. The number of rotatable bonds is 8. The van der Waals surface area contributed by atoms with Crippen molar-refractivity contribution in [2.45, 2.75) is 11.4 Å². The molecule has 1 heterocycles. The summed E-state index contributed by atoms with van der Waals surface area (Å²) in [5.41, 5.74) is 2.87. The summed E-state index contributed by atoms with van der Waals surface area (Å²) in [5.74, 6) is -0.181. The molecule has 0 spiro atoms. The first-order valence-corrected chi connectivity index (χ1v) is 11.8.